The number of carbonyl (C=O) groups is 1. The van der Waals surface area contributed by atoms with E-state index in [2.05, 4.69) is 34.5 Å². The van der Waals surface area contributed by atoms with Crippen LogP contribution in [0.1, 0.15) is 58.4 Å². The number of anilines is 1. The Morgan fingerprint density at radius 2 is 2.06 bits per heavy atom. The monoisotopic (exact) mass is 459 g/mol. The Balaban J connectivity index is 1.44. The minimum absolute atomic E-state index is 0.0199. The van der Waals surface area contributed by atoms with Crippen molar-refractivity contribution in [3.05, 3.63) is 45.6 Å². The van der Waals surface area contributed by atoms with Crippen molar-refractivity contribution in [1.29, 1.82) is 0 Å². The molecule has 3 aliphatic carbocycles. The second kappa shape index (κ2) is 8.23. The molecule has 0 spiro atoms. The number of nitrogens with zero attached hydrogens (tertiary/aromatic N) is 4. The maximum absolute atomic E-state index is 12.8. The van der Waals surface area contributed by atoms with E-state index >= 15 is 0 Å². The number of hydrogen-bond donors (Lipinski definition) is 2. The standard InChI is InChI=1S/C23H30ClN5O3/c1-13(14-5-6-25-26-10-14)7-16(30)12-29-21(31)20(24)17(11-27-29)28-19-9-15-8-18(22(15,2)3)23(19,4)32/h5-6,10-11,13,15,18-19,28,32H,7-9,12H2,1-4H3/t13?,15-,18-,19+,23-/m0/s1. The van der Waals surface area contributed by atoms with E-state index in [0.717, 1.165) is 23.1 Å². The van der Waals surface area contributed by atoms with Gasteiger partial charge >= 0.3 is 0 Å². The van der Waals surface area contributed by atoms with Crippen molar-refractivity contribution in [3.63, 3.8) is 0 Å². The van der Waals surface area contributed by atoms with E-state index in [1.165, 1.54) is 6.20 Å². The fourth-order valence-corrected chi connectivity index (χ4v) is 5.73. The summed E-state index contributed by atoms with van der Waals surface area (Å²) in [7, 11) is 0. The molecule has 1 unspecified atom stereocenters. The van der Waals surface area contributed by atoms with E-state index in [1.54, 1.807) is 12.4 Å². The number of fused-ring (bicyclic) bond motifs is 2. The normalized spacial score (nSPS) is 29.1. The van der Waals surface area contributed by atoms with Crippen LogP contribution in [0.25, 0.3) is 0 Å². The maximum Gasteiger partial charge on any atom is 0.288 e. The Morgan fingerprint density at radius 3 is 2.69 bits per heavy atom. The van der Waals surface area contributed by atoms with Gasteiger partial charge in [0.25, 0.3) is 5.56 Å². The van der Waals surface area contributed by atoms with Crippen molar-refractivity contribution in [2.24, 2.45) is 17.3 Å². The molecule has 2 aromatic heterocycles. The summed E-state index contributed by atoms with van der Waals surface area (Å²) in [4.78, 5) is 25.3. The first-order valence-electron chi connectivity index (χ1n) is 11.0. The Morgan fingerprint density at radius 1 is 1.31 bits per heavy atom. The van der Waals surface area contributed by atoms with Crippen LogP contribution in [0, 0.1) is 17.3 Å². The highest BCUT2D eigenvalue weighted by Gasteiger charge is 2.62. The minimum atomic E-state index is -0.912. The molecule has 0 aromatic carbocycles. The number of nitrogens with one attached hydrogen (secondary N) is 1. The van der Waals surface area contributed by atoms with Crippen LogP contribution in [-0.4, -0.2) is 42.5 Å². The average Bonchev–Trinajstić information content (AvgIpc) is 2.74. The predicted molar refractivity (Wildman–Crippen MR) is 122 cm³/mol. The van der Waals surface area contributed by atoms with E-state index in [0.29, 0.717) is 11.6 Å². The summed E-state index contributed by atoms with van der Waals surface area (Å²) in [6.07, 6.45) is 6.75. The fourth-order valence-electron chi connectivity index (χ4n) is 5.53. The largest absolute Gasteiger partial charge is 0.388 e. The van der Waals surface area contributed by atoms with E-state index in [1.807, 2.05) is 19.9 Å². The van der Waals surface area contributed by atoms with Crippen LogP contribution in [0.3, 0.4) is 0 Å². The molecule has 0 saturated heterocycles. The van der Waals surface area contributed by atoms with E-state index in [-0.39, 0.29) is 47.1 Å². The first-order valence-corrected chi connectivity index (χ1v) is 11.4. The molecule has 0 aliphatic heterocycles. The lowest BCUT2D eigenvalue weighted by Crippen LogP contribution is -2.68. The molecule has 0 radical (unpaired) electrons. The third-order valence-corrected chi connectivity index (χ3v) is 8.12. The predicted octanol–water partition coefficient (Wildman–Crippen LogP) is 3.05. The van der Waals surface area contributed by atoms with Gasteiger partial charge in [-0.25, -0.2) is 4.68 Å². The number of Topliss-reactive ketones (excluding diaryl/α,β-unsaturated/α-hetero) is 1. The topological polar surface area (TPSA) is 110 Å². The second-order valence-electron chi connectivity index (χ2n) is 10.1. The van der Waals surface area contributed by atoms with Crippen molar-refractivity contribution >= 4 is 23.1 Å². The molecule has 32 heavy (non-hydrogen) atoms. The zero-order valence-electron chi connectivity index (χ0n) is 18.9. The van der Waals surface area contributed by atoms with Gasteiger partial charge < -0.3 is 10.4 Å². The van der Waals surface area contributed by atoms with E-state index in [4.69, 9.17) is 11.6 Å². The number of rotatable bonds is 7. The second-order valence-corrected chi connectivity index (χ2v) is 10.5. The van der Waals surface area contributed by atoms with Gasteiger partial charge in [-0.15, -0.1) is 0 Å². The van der Waals surface area contributed by atoms with Crippen LogP contribution in [0.15, 0.2) is 29.5 Å². The van der Waals surface area contributed by atoms with Crippen LogP contribution < -0.4 is 10.9 Å². The molecule has 0 amide bonds. The van der Waals surface area contributed by atoms with Crippen LogP contribution in [0.5, 0.6) is 0 Å². The van der Waals surface area contributed by atoms with Crippen molar-refractivity contribution < 1.29 is 9.90 Å². The Hall–Kier alpha value is -2.32. The van der Waals surface area contributed by atoms with Gasteiger partial charge in [0.05, 0.1) is 29.7 Å². The van der Waals surface area contributed by atoms with Gasteiger partial charge in [0.2, 0.25) is 0 Å². The summed E-state index contributed by atoms with van der Waals surface area (Å²) in [5.74, 6) is 0.536. The number of halogens is 1. The van der Waals surface area contributed by atoms with Gasteiger partial charge in [-0.2, -0.15) is 15.3 Å². The Bertz CT molecular complexity index is 1070. The SMILES string of the molecule is CC(CC(=O)Cn1ncc(N[C@@H]2C[C@@H]3C[C@@H](C3(C)C)[C@]2(C)O)c(Cl)c1=O)c1ccnnc1. The van der Waals surface area contributed by atoms with Crippen molar-refractivity contribution in [1.82, 2.24) is 20.0 Å². The van der Waals surface area contributed by atoms with Gasteiger partial charge in [-0.05, 0) is 54.6 Å². The molecule has 2 N–H and O–H groups in total. The Kier molecular flexibility index (Phi) is 5.88. The molecular formula is C23H30ClN5O3. The van der Waals surface area contributed by atoms with Crippen molar-refractivity contribution in [2.45, 2.75) is 71.1 Å². The highest BCUT2D eigenvalue weighted by molar-refractivity contribution is 6.32. The van der Waals surface area contributed by atoms with Crippen LogP contribution >= 0.6 is 11.6 Å². The highest BCUT2D eigenvalue weighted by atomic mass is 35.5. The smallest absolute Gasteiger partial charge is 0.288 e. The number of hydrogen-bond acceptors (Lipinski definition) is 7. The van der Waals surface area contributed by atoms with Gasteiger partial charge in [-0.3, -0.25) is 9.59 Å². The first kappa shape index (κ1) is 22.9. The van der Waals surface area contributed by atoms with Crippen molar-refractivity contribution in [2.75, 3.05) is 5.32 Å². The molecule has 5 atom stereocenters. The number of ketones is 1. The summed E-state index contributed by atoms with van der Waals surface area (Å²) < 4.78 is 1.09. The summed E-state index contributed by atoms with van der Waals surface area (Å²) in [5, 5.41) is 26.2. The molecule has 3 saturated carbocycles. The number of aliphatic hydroxyl groups is 1. The Labute approximate surface area is 192 Å². The van der Waals surface area contributed by atoms with E-state index < -0.39 is 11.2 Å². The van der Waals surface area contributed by atoms with Gasteiger partial charge in [0.1, 0.15) is 11.6 Å². The van der Waals surface area contributed by atoms with Crippen LogP contribution in [0.2, 0.25) is 5.02 Å². The third kappa shape index (κ3) is 3.94. The summed E-state index contributed by atoms with van der Waals surface area (Å²) in [6.45, 7) is 8.03. The van der Waals surface area contributed by atoms with Crippen LogP contribution in [0.4, 0.5) is 5.69 Å². The molecule has 172 valence electrons. The maximum atomic E-state index is 12.8. The van der Waals surface area contributed by atoms with Gasteiger partial charge in [0, 0.05) is 12.6 Å². The zero-order valence-corrected chi connectivity index (χ0v) is 19.6. The van der Waals surface area contributed by atoms with Gasteiger partial charge in [0.15, 0.2) is 5.78 Å². The molecule has 2 bridgehead atoms. The zero-order chi connectivity index (χ0) is 23.3. The van der Waals surface area contributed by atoms with Gasteiger partial charge in [-0.1, -0.05) is 32.4 Å². The van der Waals surface area contributed by atoms with Crippen LogP contribution in [-0.2, 0) is 11.3 Å². The average molecular weight is 460 g/mol. The molecule has 2 heterocycles. The lowest BCUT2D eigenvalue weighted by Gasteiger charge is -2.65. The molecule has 5 rings (SSSR count). The highest BCUT2D eigenvalue weighted by Crippen LogP contribution is 2.63. The molecular weight excluding hydrogens is 430 g/mol. The molecule has 3 fully saturated rings. The molecule has 3 aliphatic rings. The quantitative estimate of drug-likeness (QED) is 0.654. The third-order valence-electron chi connectivity index (χ3n) is 7.75. The first-order chi connectivity index (χ1) is 15.0. The lowest BCUT2D eigenvalue weighted by atomic mass is 9.43. The summed E-state index contributed by atoms with van der Waals surface area (Å²) in [6, 6.07) is 1.60. The minimum Gasteiger partial charge on any atom is -0.388 e. The number of carbonyl (C=O) groups excluding carboxylic acids is 1. The lowest BCUT2D eigenvalue weighted by molar-refractivity contribution is -0.199. The summed E-state index contributed by atoms with van der Waals surface area (Å²) in [5.41, 5.74) is -0.0291. The molecule has 9 heteroatoms. The molecule has 8 nitrogen and oxygen atoms in total. The molecule has 2 aromatic rings. The fraction of sp³-hybridized carbons (Fsp3) is 0.609. The van der Waals surface area contributed by atoms with Crippen molar-refractivity contribution in [3.8, 4) is 0 Å². The summed E-state index contributed by atoms with van der Waals surface area (Å²) >= 11 is 6.36. The van der Waals surface area contributed by atoms with E-state index in [9.17, 15) is 14.7 Å². The number of aromatic nitrogens is 4.